The van der Waals surface area contributed by atoms with E-state index in [0.717, 1.165) is 25.0 Å². The highest BCUT2D eigenvalue weighted by molar-refractivity contribution is 4.73. The average Bonchev–Trinajstić information content (AvgIpc) is 2.15. The molecule has 0 aromatic heterocycles. The Bertz CT molecular complexity index is 127. The van der Waals surface area contributed by atoms with Gasteiger partial charge in [-0.2, -0.15) is 0 Å². The van der Waals surface area contributed by atoms with Crippen molar-refractivity contribution >= 4 is 0 Å². The first kappa shape index (κ1) is 11.0. The SMILES string of the molecule is COCCNCC1CCCCC1C. The Morgan fingerprint density at radius 3 is 2.77 bits per heavy atom. The molecule has 1 fully saturated rings. The van der Waals surface area contributed by atoms with E-state index in [1.807, 2.05) is 0 Å². The Morgan fingerprint density at radius 2 is 2.08 bits per heavy atom. The molecule has 0 aromatic rings. The summed E-state index contributed by atoms with van der Waals surface area (Å²) in [7, 11) is 1.75. The second kappa shape index (κ2) is 6.39. The van der Waals surface area contributed by atoms with Crippen LogP contribution in [0.2, 0.25) is 0 Å². The lowest BCUT2D eigenvalue weighted by Gasteiger charge is -2.28. The summed E-state index contributed by atoms with van der Waals surface area (Å²) in [6.07, 6.45) is 5.72. The van der Waals surface area contributed by atoms with Crippen LogP contribution < -0.4 is 5.32 Å². The first-order chi connectivity index (χ1) is 6.34. The van der Waals surface area contributed by atoms with Gasteiger partial charge in [-0.25, -0.2) is 0 Å². The Balaban J connectivity index is 2.05. The lowest BCUT2D eigenvalue weighted by atomic mass is 9.80. The highest BCUT2D eigenvalue weighted by Gasteiger charge is 2.20. The number of methoxy groups -OCH3 is 1. The van der Waals surface area contributed by atoms with Crippen molar-refractivity contribution in [2.24, 2.45) is 11.8 Å². The van der Waals surface area contributed by atoms with Gasteiger partial charge in [0.05, 0.1) is 6.61 Å². The molecule has 0 spiro atoms. The molecule has 0 aromatic carbocycles. The summed E-state index contributed by atoms with van der Waals surface area (Å²) in [5.74, 6) is 1.83. The van der Waals surface area contributed by atoms with Crippen LogP contribution in [0.5, 0.6) is 0 Å². The largest absolute Gasteiger partial charge is 0.383 e. The monoisotopic (exact) mass is 185 g/mol. The second-order valence-electron chi connectivity index (χ2n) is 4.22. The maximum atomic E-state index is 5.00. The Hall–Kier alpha value is -0.0800. The van der Waals surface area contributed by atoms with Gasteiger partial charge in [0, 0.05) is 13.7 Å². The maximum Gasteiger partial charge on any atom is 0.0587 e. The minimum Gasteiger partial charge on any atom is -0.383 e. The molecule has 2 heteroatoms. The minimum atomic E-state index is 0.834. The van der Waals surface area contributed by atoms with Gasteiger partial charge in [-0.1, -0.05) is 26.2 Å². The molecule has 1 saturated carbocycles. The smallest absolute Gasteiger partial charge is 0.0587 e. The van der Waals surface area contributed by atoms with E-state index in [4.69, 9.17) is 4.74 Å². The zero-order valence-corrected chi connectivity index (χ0v) is 9.01. The molecule has 1 aliphatic carbocycles. The Labute approximate surface area is 82.0 Å². The van der Waals surface area contributed by atoms with E-state index in [2.05, 4.69) is 12.2 Å². The normalized spacial score (nSPS) is 29.1. The first-order valence-corrected chi connectivity index (χ1v) is 5.54. The molecular weight excluding hydrogens is 162 g/mol. The van der Waals surface area contributed by atoms with Crippen LogP contribution in [0.3, 0.4) is 0 Å². The highest BCUT2D eigenvalue weighted by Crippen LogP contribution is 2.28. The van der Waals surface area contributed by atoms with Gasteiger partial charge in [0.25, 0.3) is 0 Å². The third-order valence-electron chi connectivity index (χ3n) is 3.18. The number of hydrogen-bond donors (Lipinski definition) is 1. The van der Waals surface area contributed by atoms with Crippen LogP contribution in [0.25, 0.3) is 0 Å². The quantitative estimate of drug-likeness (QED) is 0.662. The van der Waals surface area contributed by atoms with Crippen molar-refractivity contribution < 1.29 is 4.74 Å². The van der Waals surface area contributed by atoms with Crippen molar-refractivity contribution in [3.8, 4) is 0 Å². The standard InChI is InChI=1S/C11H23NO/c1-10-5-3-4-6-11(10)9-12-7-8-13-2/h10-12H,3-9H2,1-2H3. The van der Waals surface area contributed by atoms with Gasteiger partial charge in [-0.3, -0.25) is 0 Å². The van der Waals surface area contributed by atoms with Crippen molar-refractivity contribution in [1.82, 2.24) is 5.32 Å². The molecule has 0 radical (unpaired) electrons. The molecule has 0 bridgehead atoms. The lowest BCUT2D eigenvalue weighted by molar-refractivity contribution is 0.190. The summed E-state index contributed by atoms with van der Waals surface area (Å²) >= 11 is 0. The lowest BCUT2D eigenvalue weighted by Crippen LogP contribution is -2.31. The van der Waals surface area contributed by atoms with Gasteiger partial charge < -0.3 is 10.1 Å². The van der Waals surface area contributed by atoms with Crippen LogP contribution in [0, 0.1) is 11.8 Å². The summed E-state index contributed by atoms with van der Waals surface area (Å²) in [6.45, 7) is 5.41. The number of hydrogen-bond acceptors (Lipinski definition) is 2. The molecule has 2 unspecified atom stereocenters. The summed E-state index contributed by atoms with van der Waals surface area (Å²) in [6, 6.07) is 0. The molecule has 1 aliphatic rings. The van der Waals surface area contributed by atoms with E-state index in [-0.39, 0.29) is 0 Å². The summed E-state index contributed by atoms with van der Waals surface area (Å²) in [5.41, 5.74) is 0. The molecule has 2 nitrogen and oxygen atoms in total. The van der Waals surface area contributed by atoms with Gasteiger partial charge >= 0.3 is 0 Å². The zero-order valence-electron chi connectivity index (χ0n) is 9.01. The van der Waals surface area contributed by atoms with Gasteiger partial charge in [-0.05, 0) is 24.8 Å². The van der Waals surface area contributed by atoms with E-state index in [0.29, 0.717) is 0 Å². The fourth-order valence-corrected chi connectivity index (χ4v) is 2.16. The van der Waals surface area contributed by atoms with Crippen LogP contribution in [0.4, 0.5) is 0 Å². The molecule has 0 aliphatic heterocycles. The van der Waals surface area contributed by atoms with E-state index in [1.165, 1.54) is 32.2 Å². The maximum absolute atomic E-state index is 5.00. The van der Waals surface area contributed by atoms with Crippen molar-refractivity contribution in [3.63, 3.8) is 0 Å². The van der Waals surface area contributed by atoms with Gasteiger partial charge in [-0.15, -0.1) is 0 Å². The number of rotatable bonds is 5. The molecule has 78 valence electrons. The van der Waals surface area contributed by atoms with E-state index in [9.17, 15) is 0 Å². The molecule has 13 heavy (non-hydrogen) atoms. The van der Waals surface area contributed by atoms with Crippen molar-refractivity contribution in [2.75, 3.05) is 26.8 Å². The zero-order chi connectivity index (χ0) is 9.52. The fourth-order valence-electron chi connectivity index (χ4n) is 2.16. The van der Waals surface area contributed by atoms with Crippen LogP contribution >= 0.6 is 0 Å². The van der Waals surface area contributed by atoms with Gasteiger partial charge in [0.2, 0.25) is 0 Å². The van der Waals surface area contributed by atoms with Crippen LogP contribution in [-0.4, -0.2) is 26.8 Å². The Kier molecular flexibility index (Phi) is 5.40. The van der Waals surface area contributed by atoms with Crippen molar-refractivity contribution in [1.29, 1.82) is 0 Å². The van der Waals surface area contributed by atoms with Crippen LogP contribution in [0.1, 0.15) is 32.6 Å². The van der Waals surface area contributed by atoms with E-state index >= 15 is 0 Å². The Morgan fingerprint density at radius 1 is 1.31 bits per heavy atom. The summed E-state index contributed by atoms with van der Waals surface area (Å²) in [5, 5.41) is 3.46. The molecule has 1 N–H and O–H groups in total. The van der Waals surface area contributed by atoms with E-state index < -0.39 is 0 Å². The second-order valence-corrected chi connectivity index (χ2v) is 4.22. The van der Waals surface area contributed by atoms with Crippen molar-refractivity contribution in [3.05, 3.63) is 0 Å². The van der Waals surface area contributed by atoms with Crippen LogP contribution in [0.15, 0.2) is 0 Å². The number of ether oxygens (including phenoxy) is 1. The minimum absolute atomic E-state index is 0.834. The molecule has 0 heterocycles. The van der Waals surface area contributed by atoms with Crippen molar-refractivity contribution in [2.45, 2.75) is 32.6 Å². The van der Waals surface area contributed by atoms with Gasteiger partial charge in [0.1, 0.15) is 0 Å². The first-order valence-electron chi connectivity index (χ1n) is 5.54. The summed E-state index contributed by atoms with van der Waals surface area (Å²) < 4.78 is 5.00. The molecule has 1 rings (SSSR count). The molecular formula is C11H23NO. The highest BCUT2D eigenvalue weighted by atomic mass is 16.5. The molecule has 2 atom stereocenters. The average molecular weight is 185 g/mol. The number of nitrogens with one attached hydrogen (secondary N) is 1. The molecule has 0 saturated heterocycles. The third kappa shape index (κ3) is 4.10. The topological polar surface area (TPSA) is 21.3 Å². The fraction of sp³-hybridized carbons (Fsp3) is 1.00. The van der Waals surface area contributed by atoms with Gasteiger partial charge in [0.15, 0.2) is 0 Å². The molecule has 0 amide bonds. The summed E-state index contributed by atoms with van der Waals surface area (Å²) in [4.78, 5) is 0. The van der Waals surface area contributed by atoms with E-state index in [1.54, 1.807) is 7.11 Å². The predicted molar refractivity (Wildman–Crippen MR) is 55.9 cm³/mol. The predicted octanol–water partition coefficient (Wildman–Crippen LogP) is 2.05. The van der Waals surface area contributed by atoms with Crippen LogP contribution in [-0.2, 0) is 4.74 Å². The third-order valence-corrected chi connectivity index (χ3v) is 3.18.